The van der Waals surface area contributed by atoms with Gasteiger partial charge in [-0.05, 0) is 55.4 Å². The van der Waals surface area contributed by atoms with E-state index >= 15 is 4.39 Å². The number of piperidine rings is 1. The van der Waals surface area contributed by atoms with Gasteiger partial charge in [0.1, 0.15) is 51.8 Å². The average Bonchev–Trinajstić information content (AvgIpc) is 3.41. The Bertz CT molecular complexity index is 1720. The number of ether oxygens (including phenoxy) is 2. The smallest absolute Gasteiger partial charge is 0.264 e. The Morgan fingerprint density at radius 2 is 2.00 bits per heavy atom. The molecule has 2 fully saturated rings. The Morgan fingerprint density at radius 1 is 1.21 bits per heavy atom. The first-order valence-electron chi connectivity index (χ1n) is 14.5. The Labute approximate surface area is 249 Å². The molecule has 0 bridgehead atoms. The van der Waals surface area contributed by atoms with Crippen LogP contribution >= 0.6 is 0 Å². The maximum Gasteiger partial charge on any atom is 0.264 e. The van der Waals surface area contributed by atoms with Gasteiger partial charge in [0.25, 0.3) is 5.91 Å². The van der Waals surface area contributed by atoms with Crippen molar-refractivity contribution in [1.29, 1.82) is 5.26 Å². The minimum atomic E-state index is -0.505. The molecular formula is C33H33FN6O3. The summed E-state index contributed by atoms with van der Waals surface area (Å²) in [5, 5.41) is 9.91. The van der Waals surface area contributed by atoms with Gasteiger partial charge in [-0.3, -0.25) is 9.20 Å². The first-order chi connectivity index (χ1) is 20.8. The molecule has 2 saturated heterocycles. The van der Waals surface area contributed by atoms with Crippen molar-refractivity contribution in [2.45, 2.75) is 38.5 Å². The van der Waals surface area contributed by atoms with Crippen LogP contribution < -0.4 is 10.5 Å². The first-order valence-corrected chi connectivity index (χ1v) is 14.5. The number of para-hydroxylation sites is 1. The number of amides is 1. The summed E-state index contributed by atoms with van der Waals surface area (Å²) in [6.45, 7) is 4.22. The summed E-state index contributed by atoms with van der Waals surface area (Å²) in [5.74, 6) is 0.924. The first kappa shape index (κ1) is 28.4. The number of hydrogen-bond acceptors (Lipinski definition) is 7. The zero-order valence-electron chi connectivity index (χ0n) is 24.0. The highest BCUT2D eigenvalue weighted by Crippen LogP contribution is 2.37. The number of anilines is 1. The van der Waals surface area contributed by atoms with E-state index in [0.717, 1.165) is 25.7 Å². The van der Waals surface area contributed by atoms with Gasteiger partial charge in [0.15, 0.2) is 0 Å². The number of rotatable bonds is 6. The van der Waals surface area contributed by atoms with Crippen molar-refractivity contribution in [3.8, 4) is 28.8 Å². The molecule has 9 nitrogen and oxygen atoms in total. The Balaban J connectivity index is 1.30. The third-order valence-electron chi connectivity index (χ3n) is 8.34. The summed E-state index contributed by atoms with van der Waals surface area (Å²) in [6, 6.07) is 16.0. The normalized spacial score (nSPS) is 18.8. The van der Waals surface area contributed by atoms with E-state index in [1.807, 2.05) is 28.7 Å². The lowest BCUT2D eigenvalue weighted by molar-refractivity contribution is -0.128. The number of carbonyl (C=O) groups excluding carboxylic acids is 1. The number of allylic oxidation sites excluding steroid dienone is 1. The highest BCUT2D eigenvalue weighted by atomic mass is 19.1. The number of nitrogen functional groups attached to an aromatic ring is 1. The molecule has 0 spiro atoms. The molecule has 0 radical (unpaired) electrons. The largest absolute Gasteiger partial charge is 0.457 e. The molecule has 4 aromatic rings. The number of aromatic nitrogens is 3. The number of hydrogen-bond donors (Lipinski definition) is 1. The number of benzene rings is 2. The Kier molecular flexibility index (Phi) is 7.82. The van der Waals surface area contributed by atoms with Gasteiger partial charge in [-0.1, -0.05) is 31.2 Å². The van der Waals surface area contributed by atoms with Crippen LogP contribution in [0.5, 0.6) is 11.5 Å². The number of halogens is 1. The van der Waals surface area contributed by atoms with Gasteiger partial charge >= 0.3 is 0 Å². The fourth-order valence-corrected chi connectivity index (χ4v) is 5.95. The van der Waals surface area contributed by atoms with Crippen LogP contribution in [0.1, 0.15) is 44.3 Å². The molecule has 220 valence electrons. The number of nitriles is 1. The molecule has 1 atom stereocenters. The highest BCUT2D eigenvalue weighted by molar-refractivity contribution is 5.97. The van der Waals surface area contributed by atoms with Crippen molar-refractivity contribution in [3.05, 3.63) is 84.2 Å². The number of imidazole rings is 1. The van der Waals surface area contributed by atoms with E-state index in [1.54, 1.807) is 41.6 Å². The number of fused-ring (bicyclic) bond motifs is 1. The molecule has 2 N–H and O–H groups in total. The molecule has 0 aliphatic carbocycles. The Morgan fingerprint density at radius 3 is 2.74 bits per heavy atom. The van der Waals surface area contributed by atoms with Gasteiger partial charge in [0.05, 0.1) is 0 Å². The van der Waals surface area contributed by atoms with Gasteiger partial charge in [0.2, 0.25) is 0 Å². The topological polar surface area (TPSA) is 119 Å². The molecule has 4 heterocycles. The van der Waals surface area contributed by atoms with Crippen molar-refractivity contribution < 1.29 is 18.7 Å². The number of nitrogens with zero attached hydrogens (tertiary/aromatic N) is 5. The van der Waals surface area contributed by atoms with Gasteiger partial charge in [-0.15, -0.1) is 0 Å². The predicted octanol–water partition coefficient (Wildman–Crippen LogP) is 5.88. The molecule has 1 amide bonds. The molecule has 2 aromatic carbocycles. The van der Waals surface area contributed by atoms with Crippen molar-refractivity contribution in [2.24, 2.45) is 5.41 Å². The highest BCUT2D eigenvalue weighted by Gasteiger charge is 2.33. The molecule has 0 saturated carbocycles. The van der Waals surface area contributed by atoms with Gasteiger partial charge in [-0.25, -0.2) is 14.4 Å². The lowest BCUT2D eigenvalue weighted by Crippen LogP contribution is -2.40. The summed E-state index contributed by atoms with van der Waals surface area (Å²) >= 11 is 0. The number of nitrogens with two attached hydrogens (primary N) is 1. The van der Waals surface area contributed by atoms with Crippen LogP contribution in [0.15, 0.2) is 72.6 Å². The van der Waals surface area contributed by atoms with Gasteiger partial charge < -0.3 is 20.1 Å². The standard InChI is InChI=1S/C33H33FN6O3/c1-33(11-16-42-17-12-33)19-23(20-35)32(41)39-14-5-6-22(21-39)31-38-28(29-30(36)37-13-15-40(29)31)26-10-9-25(18-27(26)34)43-24-7-3-2-4-8-24/h2-4,7-10,13,15,18-19,22H,5-6,11-12,14,16-17,21H2,1H3,(H2,36,37)/b23-19+/t22-/m1/s1. The van der Waals surface area contributed by atoms with Crippen LogP contribution in [0, 0.1) is 22.6 Å². The van der Waals surface area contributed by atoms with Crippen LogP contribution in [0.4, 0.5) is 10.2 Å². The van der Waals surface area contributed by atoms with Crippen LogP contribution in [0.3, 0.4) is 0 Å². The third kappa shape index (κ3) is 5.81. The molecule has 6 rings (SSSR count). The van der Waals surface area contributed by atoms with Crippen molar-refractivity contribution >= 4 is 17.2 Å². The van der Waals surface area contributed by atoms with Crippen LogP contribution in [-0.2, 0) is 9.53 Å². The zero-order valence-corrected chi connectivity index (χ0v) is 24.0. The minimum absolute atomic E-state index is 0.150. The summed E-state index contributed by atoms with van der Waals surface area (Å²) in [4.78, 5) is 24.4. The monoisotopic (exact) mass is 580 g/mol. The van der Waals surface area contributed by atoms with E-state index in [2.05, 4.69) is 18.0 Å². The Hall–Kier alpha value is -4.75. The minimum Gasteiger partial charge on any atom is -0.457 e. The molecule has 0 unspecified atom stereocenters. The lowest BCUT2D eigenvalue weighted by atomic mass is 9.80. The fraction of sp³-hybridized carbons (Fsp3) is 0.333. The lowest BCUT2D eigenvalue weighted by Gasteiger charge is -2.34. The van der Waals surface area contributed by atoms with Crippen molar-refractivity contribution in [2.75, 3.05) is 32.0 Å². The van der Waals surface area contributed by atoms with E-state index in [4.69, 9.17) is 20.2 Å². The van der Waals surface area contributed by atoms with E-state index in [9.17, 15) is 10.1 Å². The summed E-state index contributed by atoms with van der Waals surface area (Å²) in [6.07, 6.45) is 8.22. The second-order valence-corrected chi connectivity index (χ2v) is 11.4. The molecule has 43 heavy (non-hydrogen) atoms. The van der Waals surface area contributed by atoms with Crippen LogP contribution in [-0.4, -0.2) is 51.5 Å². The molecular weight excluding hydrogens is 547 g/mol. The van der Waals surface area contributed by atoms with Crippen LogP contribution in [0.25, 0.3) is 16.8 Å². The second-order valence-electron chi connectivity index (χ2n) is 11.4. The average molecular weight is 581 g/mol. The van der Waals surface area contributed by atoms with Crippen LogP contribution in [0.2, 0.25) is 0 Å². The zero-order chi connectivity index (χ0) is 30.0. The quantitative estimate of drug-likeness (QED) is 0.223. The maximum atomic E-state index is 15.6. The summed E-state index contributed by atoms with van der Waals surface area (Å²) in [5.41, 5.74) is 7.37. The summed E-state index contributed by atoms with van der Waals surface area (Å²) in [7, 11) is 0. The molecule has 2 aliphatic heterocycles. The van der Waals surface area contributed by atoms with E-state index < -0.39 is 5.82 Å². The van der Waals surface area contributed by atoms with E-state index in [-0.39, 0.29) is 34.2 Å². The number of carbonyl (C=O) groups is 1. The van der Waals surface area contributed by atoms with Gasteiger partial charge in [-0.2, -0.15) is 5.26 Å². The predicted molar refractivity (Wildman–Crippen MR) is 160 cm³/mol. The molecule has 10 heteroatoms. The maximum absolute atomic E-state index is 15.6. The summed E-state index contributed by atoms with van der Waals surface area (Å²) < 4.78 is 28.7. The van der Waals surface area contributed by atoms with Crippen molar-refractivity contribution in [3.63, 3.8) is 0 Å². The molecule has 2 aromatic heterocycles. The third-order valence-corrected chi connectivity index (χ3v) is 8.34. The van der Waals surface area contributed by atoms with Crippen molar-refractivity contribution in [1.82, 2.24) is 19.3 Å². The SMILES string of the molecule is CC1(/C=C(\C#N)C(=O)N2CCC[C@@H](c3nc(-c4ccc(Oc5ccccc5)cc4F)c4c(N)nccn34)C2)CCOCC1. The van der Waals surface area contributed by atoms with E-state index in [1.165, 1.54) is 6.07 Å². The number of likely N-dealkylation sites (tertiary alicyclic amines) is 1. The fourth-order valence-electron chi connectivity index (χ4n) is 5.95. The second kappa shape index (κ2) is 11.9. The van der Waals surface area contributed by atoms with Gasteiger partial charge in [0, 0.05) is 56.2 Å². The van der Waals surface area contributed by atoms with E-state index in [0.29, 0.717) is 54.8 Å². The molecule has 2 aliphatic rings.